The van der Waals surface area contributed by atoms with Crippen LogP contribution < -0.4 is 4.74 Å². The highest BCUT2D eigenvalue weighted by Gasteiger charge is 2.26. The van der Waals surface area contributed by atoms with Crippen LogP contribution in [0.2, 0.25) is 0 Å². The second kappa shape index (κ2) is 6.67. The molecule has 122 valence electrons. The summed E-state index contributed by atoms with van der Waals surface area (Å²) in [5.41, 5.74) is 1.20. The van der Waals surface area contributed by atoms with Crippen molar-refractivity contribution >= 4 is 5.91 Å². The summed E-state index contributed by atoms with van der Waals surface area (Å²) in [5, 5.41) is 0. The fourth-order valence-corrected chi connectivity index (χ4v) is 2.56. The molecule has 22 heavy (non-hydrogen) atoms. The molecule has 4 nitrogen and oxygen atoms in total. The van der Waals surface area contributed by atoms with Crippen LogP contribution in [0, 0.1) is 0 Å². The van der Waals surface area contributed by atoms with E-state index in [1.165, 1.54) is 0 Å². The van der Waals surface area contributed by atoms with Gasteiger partial charge in [-0.1, -0.05) is 13.8 Å². The van der Waals surface area contributed by atoms with Crippen LogP contribution in [0.15, 0.2) is 12.1 Å². The summed E-state index contributed by atoms with van der Waals surface area (Å²) in [6.45, 7) is 11.9. The maximum absolute atomic E-state index is 12.7. The number of hydrogen-bond donors (Lipinski definition) is 0. The summed E-state index contributed by atoms with van der Waals surface area (Å²) in [6.07, 6.45) is 3.18. The van der Waals surface area contributed by atoms with E-state index in [-0.39, 0.29) is 11.5 Å². The Kier molecular flexibility index (Phi) is 5.09. The number of likely N-dealkylation sites (tertiary alicyclic amines) is 1. The molecule has 1 atom stereocenters. The van der Waals surface area contributed by atoms with Crippen LogP contribution >= 0.6 is 0 Å². The standard InChI is InChI=1S/C18H28N2O2/c1-6-13(2)15-10-9-14(16(19-15)22-18(3,4)5)17(21)20-11-7-8-12-20/h9-10,13H,6-8,11-12H2,1-5H3. The van der Waals surface area contributed by atoms with Crippen molar-refractivity contribution in [1.29, 1.82) is 0 Å². The van der Waals surface area contributed by atoms with Crippen LogP contribution in [0.3, 0.4) is 0 Å². The van der Waals surface area contributed by atoms with Crippen LogP contribution in [0.1, 0.15) is 75.9 Å². The first-order valence-corrected chi connectivity index (χ1v) is 8.31. The molecule has 1 aliphatic rings. The smallest absolute Gasteiger partial charge is 0.259 e. The van der Waals surface area contributed by atoms with E-state index in [4.69, 9.17) is 4.74 Å². The molecule has 1 aromatic heterocycles. The van der Waals surface area contributed by atoms with Gasteiger partial charge in [0.1, 0.15) is 11.2 Å². The van der Waals surface area contributed by atoms with Crippen molar-refractivity contribution in [3.63, 3.8) is 0 Å². The topological polar surface area (TPSA) is 42.4 Å². The molecule has 1 saturated heterocycles. The summed E-state index contributed by atoms with van der Waals surface area (Å²) in [6, 6.07) is 3.85. The minimum Gasteiger partial charge on any atom is -0.471 e. The molecule has 1 aromatic rings. The van der Waals surface area contributed by atoms with Crippen LogP contribution in [0.25, 0.3) is 0 Å². The van der Waals surface area contributed by atoms with E-state index < -0.39 is 0 Å². The maximum Gasteiger partial charge on any atom is 0.259 e. The van der Waals surface area contributed by atoms with Gasteiger partial charge in [0.05, 0.1) is 0 Å². The predicted octanol–water partition coefficient (Wildman–Crippen LogP) is 4.01. The third kappa shape index (κ3) is 3.99. The lowest BCUT2D eigenvalue weighted by molar-refractivity contribution is 0.0770. The van der Waals surface area contributed by atoms with Gasteiger partial charge in [0, 0.05) is 18.8 Å². The Labute approximate surface area is 133 Å². The van der Waals surface area contributed by atoms with Crippen LogP contribution in [-0.4, -0.2) is 34.5 Å². The molecular formula is C18H28N2O2. The van der Waals surface area contributed by atoms with E-state index in [0.29, 0.717) is 17.4 Å². The van der Waals surface area contributed by atoms with Crippen molar-refractivity contribution in [2.45, 2.75) is 65.4 Å². The number of pyridine rings is 1. The van der Waals surface area contributed by atoms with E-state index in [1.54, 1.807) is 0 Å². The number of amides is 1. The molecule has 4 heteroatoms. The Morgan fingerprint density at radius 1 is 1.32 bits per heavy atom. The van der Waals surface area contributed by atoms with Gasteiger partial charge in [-0.3, -0.25) is 4.79 Å². The lowest BCUT2D eigenvalue weighted by Gasteiger charge is -2.24. The van der Waals surface area contributed by atoms with Gasteiger partial charge in [-0.25, -0.2) is 4.98 Å². The van der Waals surface area contributed by atoms with Crippen LogP contribution in [0.4, 0.5) is 0 Å². The number of rotatable bonds is 4. The average Bonchev–Trinajstić information content (AvgIpc) is 2.98. The average molecular weight is 304 g/mol. The van der Waals surface area contributed by atoms with Crippen molar-refractivity contribution in [3.05, 3.63) is 23.4 Å². The van der Waals surface area contributed by atoms with Crippen molar-refractivity contribution in [2.75, 3.05) is 13.1 Å². The first-order chi connectivity index (χ1) is 10.3. The molecule has 0 N–H and O–H groups in total. The van der Waals surface area contributed by atoms with Gasteiger partial charge in [-0.05, 0) is 58.1 Å². The zero-order valence-corrected chi connectivity index (χ0v) is 14.5. The van der Waals surface area contributed by atoms with Gasteiger partial charge < -0.3 is 9.64 Å². The highest BCUT2D eigenvalue weighted by molar-refractivity contribution is 5.96. The second-order valence-corrected chi connectivity index (χ2v) is 7.11. The van der Waals surface area contributed by atoms with Gasteiger partial charge >= 0.3 is 0 Å². The third-order valence-electron chi connectivity index (χ3n) is 4.03. The van der Waals surface area contributed by atoms with E-state index in [9.17, 15) is 4.79 Å². The lowest BCUT2D eigenvalue weighted by atomic mass is 10.0. The number of hydrogen-bond acceptors (Lipinski definition) is 3. The summed E-state index contributed by atoms with van der Waals surface area (Å²) < 4.78 is 5.99. The predicted molar refractivity (Wildman–Crippen MR) is 88.5 cm³/mol. The van der Waals surface area contributed by atoms with Crippen molar-refractivity contribution < 1.29 is 9.53 Å². The van der Waals surface area contributed by atoms with Crippen LogP contribution in [-0.2, 0) is 0 Å². The fraction of sp³-hybridized carbons (Fsp3) is 0.667. The number of carbonyl (C=O) groups is 1. The second-order valence-electron chi connectivity index (χ2n) is 7.11. The minimum atomic E-state index is -0.374. The number of nitrogens with zero attached hydrogens (tertiary/aromatic N) is 2. The highest BCUT2D eigenvalue weighted by atomic mass is 16.5. The van der Waals surface area contributed by atoms with Gasteiger partial charge in [-0.2, -0.15) is 0 Å². The molecule has 0 aromatic carbocycles. The summed E-state index contributed by atoms with van der Waals surface area (Å²) >= 11 is 0. The minimum absolute atomic E-state index is 0.0416. The quantitative estimate of drug-likeness (QED) is 0.844. The Bertz CT molecular complexity index is 528. The first kappa shape index (κ1) is 16.8. The van der Waals surface area contributed by atoms with E-state index in [0.717, 1.165) is 38.0 Å². The van der Waals surface area contributed by atoms with E-state index in [1.807, 2.05) is 37.8 Å². The molecule has 1 aliphatic heterocycles. The van der Waals surface area contributed by atoms with Gasteiger partial charge in [-0.15, -0.1) is 0 Å². The summed E-state index contributed by atoms with van der Waals surface area (Å²) in [4.78, 5) is 19.3. The molecular weight excluding hydrogens is 276 g/mol. The highest BCUT2D eigenvalue weighted by Crippen LogP contribution is 2.27. The molecule has 2 rings (SSSR count). The van der Waals surface area contributed by atoms with Crippen molar-refractivity contribution in [2.24, 2.45) is 0 Å². The largest absolute Gasteiger partial charge is 0.471 e. The molecule has 1 amide bonds. The summed E-state index contributed by atoms with van der Waals surface area (Å²) in [7, 11) is 0. The van der Waals surface area contributed by atoms with Gasteiger partial charge in [0.25, 0.3) is 5.91 Å². The summed E-state index contributed by atoms with van der Waals surface area (Å²) in [5.74, 6) is 0.875. The van der Waals surface area contributed by atoms with E-state index in [2.05, 4.69) is 18.8 Å². The number of ether oxygens (including phenoxy) is 1. The molecule has 0 aliphatic carbocycles. The Balaban J connectivity index is 2.36. The van der Waals surface area contributed by atoms with Crippen LogP contribution in [0.5, 0.6) is 5.88 Å². The fourth-order valence-electron chi connectivity index (χ4n) is 2.56. The third-order valence-corrected chi connectivity index (χ3v) is 4.03. The van der Waals surface area contributed by atoms with Crippen molar-refractivity contribution in [1.82, 2.24) is 9.88 Å². The van der Waals surface area contributed by atoms with Gasteiger partial charge in [0.2, 0.25) is 5.88 Å². The molecule has 1 fully saturated rings. The molecule has 0 radical (unpaired) electrons. The SMILES string of the molecule is CCC(C)c1ccc(C(=O)N2CCCC2)c(OC(C)(C)C)n1. The molecule has 0 saturated carbocycles. The molecule has 1 unspecified atom stereocenters. The number of carbonyl (C=O) groups excluding carboxylic acids is 1. The maximum atomic E-state index is 12.7. The normalized spacial score (nSPS) is 16.7. The molecule has 0 bridgehead atoms. The Morgan fingerprint density at radius 3 is 2.50 bits per heavy atom. The lowest BCUT2D eigenvalue weighted by Crippen LogP contribution is -2.30. The Morgan fingerprint density at radius 2 is 1.95 bits per heavy atom. The van der Waals surface area contributed by atoms with Crippen molar-refractivity contribution in [3.8, 4) is 5.88 Å². The van der Waals surface area contributed by atoms with Gasteiger partial charge in [0.15, 0.2) is 0 Å². The monoisotopic (exact) mass is 304 g/mol. The molecule has 0 spiro atoms. The zero-order valence-electron chi connectivity index (χ0n) is 14.5. The first-order valence-electron chi connectivity index (χ1n) is 8.31. The number of aromatic nitrogens is 1. The zero-order chi connectivity index (χ0) is 16.3. The Hall–Kier alpha value is -1.58. The van der Waals surface area contributed by atoms with E-state index >= 15 is 0 Å². The molecule has 2 heterocycles.